The molecule has 11 heavy (non-hydrogen) atoms. The lowest BCUT2D eigenvalue weighted by Crippen LogP contribution is -1.88. The first-order valence-electron chi connectivity index (χ1n) is 3.58. The van der Waals surface area contributed by atoms with Gasteiger partial charge in [-0.05, 0) is 34.8 Å². The third-order valence-corrected chi connectivity index (χ3v) is 2.44. The van der Waals surface area contributed by atoms with Crippen LogP contribution in [0, 0.1) is 5.82 Å². The standard InChI is InChI=1S/C8H7BrFN/c9-7-3-6(10)4-11-8(7)5-1-2-5/h3-5H,1-2H2. The van der Waals surface area contributed by atoms with Crippen molar-refractivity contribution in [1.82, 2.24) is 4.98 Å². The Morgan fingerprint density at radius 2 is 2.27 bits per heavy atom. The van der Waals surface area contributed by atoms with Crippen LogP contribution in [0.4, 0.5) is 4.39 Å². The molecule has 58 valence electrons. The topological polar surface area (TPSA) is 12.9 Å². The molecule has 0 aromatic carbocycles. The maximum atomic E-state index is 12.5. The monoisotopic (exact) mass is 215 g/mol. The van der Waals surface area contributed by atoms with Crippen LogP contribution in [0.25, 0.3) is 0 Å². The molecule has 0 N–H and O–H groups in total. The molecule has 1 aromatic heterocycles. The Hall–Kier alpha value is -0.440. The second-order valence-corrected chi connectivity index (χ2v) is 3.65. The molecular weight excluding hydrogens is 209 g/mol. The summed E-state index contributed by atoms with van der Waals surface area (Å²) in [6.45, 7) is 0. The van der Waals surface area contributed by atoms with Gasteiger partial charge >= 0.3 is 0 Å². The Labute approximate surface area is 72.8 Å². The minimum Gasteiger partial charge on any atom is -0.257 e. The second kappa shape index (κ2) is 2.55. The largest absolute Gasteiger partial charge is 0.257 e. The maximum absolute atomic E-state index is 12.5. The molecule has 3 heteroatoms. The van der Waals surface area contributed by atoms with Crippen LogP contribution < -0.4 is 0 Å². The molecule has 0 aliphatic heterocycles. The van der Waals surface area contributed by atoms with Crippen LogP contribution in [0.15, 0.2) is 16.7 Å². The van der Waals surface area contributed by atoms with E-state index >= 15 is 0 Å². The number of rotatable bonds is 1. The highest BCUT2D eigenvalue weighted by atomic mass is 79.9. The number of hydrogen-bond acceptors (Lipinski definition) is 1. The molecule has 0 amide bonds. The van der Waals surface area contributed by atoms with Crippen LogP contribution in [0.2, 0.25) is 0 Å². The van der Waals surface area contributed by atoms with Gasteiger partial charge in [0.25, 0.3) is 0 Å². The molecule has 0 radical (unpaired) electrons. The Kier molecular flexibility index (Phi) is 1.68. The molecule has 1 fully saturated rings. The van der Waals surface area contributed by atoms with Crippen LogP contribution >= 0.6 is 15.9 Å². The van der Waals surface area contributed by atoms with Crippen molar-refractivity contribution in [3.63, 3.8) is 0 Å². The first kappa shape index (κ1) is 7.22. The van der Waals surface area contributed by atoms with E-state index in [0.717, 1.165) is 10.2 Å². The SMILES string of the molecule is Fc1cnc(C2CC2)c(Br)c1. The van der Waals surface area contributed by atoms with Gasteiger partial charge in [0.15, 0.2) is 0 Å². The molecule has 0 saturated heterocycles. The molecular formula is C8H7BrFN. The van der Waals surface area contributed by atoms with Crippen molar-refractivity contribution in [3.8, 4) is 0 Å². The Balaban J connectivity index is 2.39. The number of pyridine rings is 1. The van der Waals surface area contributed by atoms with Gasteiger partial charge < -0.3 is 0 Å². The summed E-state index contributed by atoms with van der Waals surface area (Å²) in [6.07, 6.45) is 3.66. The maximum Gasteiger partial charge on any atom is 0.142 e. The van der Waals surface area contributed by atoms with Crippen molar-refractivity contribution in [2.24, 2.45) is 0 Å². The Morgan fingerprint density at radius 3 is 2.82 bits per heavy atom. The van der Waals surface area contributed by atoms with Crippen molar-refractivity contribution in [2.75, 3.05) is 0 Å². The lowest BCUT2D eigenvalue weighted by molar-refractivity contribution is 0.618. The Morgan fingerprint density at radius 1 is 1.55 bits per heavy atom. The highest BCUT2D eigenvalue weighted by molar-refractivity contribution is 9.10. The van der Waals surface area contributed by atoms with Crippen LogP contribution in [0.3, 0.4) is 0 Å². The van der Waals surface area contributed by atoms with Gasteiger partial charge in [-0.1, -0.05) is 0 Å². The van der Waals surface area contributed by atoms with Crippen LogP contribution in [0.1, 0.15) is 24.5 Å². The number of aromatic nitrogens is 1. The van der Waals surface area contributed by atoms with Crippen molar-refractivity contribution in [2.45, 2.75) is 18.8 Å². The molecule has 1 aromatic rings. The Bertz CT molecular complexity index is 283. The van der Waals surface area contributed by atoms with Crippen molar-refractivity contribution >= 4 is 15.9 Å². The van der Waals surface area contributed by atoms with Gasteiger partial charge in [-0.25, -0.2) is 4.39 Å². The number of hydrogen-bond donors (Lipinski definition) is 0. The van der Waals surface area contributed by atoms with Gasteiger partial charge in [0, 0.05) is 10.4 Å². The molecule has 2 rings (SSSR count). The molecule has 0 atom stereocenters. The van der Waals surface area contributed by atoms with E-state index in [9.17, 15) is 4.39 Å². The molecule has 1 saturated carbocycles. The van der Waals surface area contributed by atoms with E-state index < -0.39 is 0 Å². The van der Waals surface area contributed by atoms with Gasteiger partial charge in [0.2, 0.25) is 0 Å². The fourth-order valence-corrected chi connectivity index (χ4v) is 1.73. The average molecular weight is 216 g/mol. The lowest BCUT2D eigenvalue weighted by atomic mass is 10.2. The number of nitrogens with zero attached hydrogens (tertiary/aromatic N) is 1. The summed E-state index contributed by atoms with van der Waals surface area (Å²) in [6, 6.07) is 1.47. The quantitative estimate of drug-likeness (QED) is 0.703. The van der Waals surface area contributed by atoms with Crippen LogP contribution in [-0.4, -0.2) is 4.98 Å². The van der Waals surface area contributed by atoms with Crippen molar-refractivity contribution in [3.05, 3.63) is 28.2 Å². The zero-order valence-corrected chi connectivity index (χ0v) is 7.44. The first-order valence-corrected chi connectivity index (χ1v) is 4.37. The summed E-state index contributed by atoms with van der Waals surface area (Å²) in [5.41, 5.74) is 1.01. The van der Waals surface area contributed by atoms with Gasteiger partial charge in [-0.3, -0.25) is 4.98 Å². The van der Waals surface area contributed by atoms with Gasteiger partial charge in [0.1, 0.15) is 5.82 Å². The van der Waals surface area contributed by atoms with Crippen LogP contribution in [0.5, 0.6) is 0 Å². The van der Waals surface area contributed by atoms with E-state index in [4.69, 9.17) is 0 Å². The highest BCUT2D eigenvalue weighted by Gasteiger charge is 2.26. The molecule has 1 heterocycles. The summed E-state index contributed by atoms with van der Waals surface area (Å²) < 4.78 is 13.3. The summed E-state index contributed by atoms with van der Waals surface area (Å²) in [4.78, 5) is 4.02. The van der Waals surface area contributed by atoms with E-state index in [2.05, 4.69) is 20.9 Å². The van der Waals surface area contributed by atoms with Crippen molar-refractivity contribution in [1.29, 1.82) is 0 Å². The number of halogens is 2. The van der Waals surface area contributed by atoms with E-state index in [0.29, 0.717) is 5.92 Å². The molecule has 1 aliphatic carbocycles. The lowest BCUT2D eigenvalue weighted by Gasteiger charge is -1.99. The van der Waals surface area contributed by atoms with Gasteiger partial charge in [-0.2, -0.15) is 0 Å². The van der Waals surface area contributed by atoms with Gasteiger partial charge in [0.05, 0.1) is 11.9 Å². The van der Waals surface area contributed by atoms with E-state index in [1.165, 1.54) is 25.1 Å². The van der Waals surface area contributed by atoms with E-state index in [1.807, 2.05) is 0 Å². The summed E-state index contributed by atoms with van der Waals surface area (Å²) in [5.74, 6) is 0.297. The zero-order chi connectivity index (χ0) is 7.84. The fourth-order valence-electron chi connectivity index (χ4n) is 1.08. The smallest absolute Gasteiger partial charge is 0.142 e. The molecule has 1 nitrogen and oxygen atoms in total. The average Bonchev–Trinajstić information content (AvgIpc) is 2.70. The first-order chi connectivity index (χ1) is 5.27. The summed E-state index contributed by atoms with van der Waals surface area (Å²) >= 11 is 3.29. The van der Waals surface area contributed by atoms with Crippen LogP contribution in [-0.2, 0) is 0 Å². The minimum absolute atomic E-state index is 0.277. The van der Waals surface area contributed by atoms with E-state index in [-0.39, 0.29) is 5.82 Å². The predicted octanol–water partition coefficient (Wildman–Crippen LogP) is 2.86. The molecule has 1 aliphatic rings. The van der Waals surface area contributed by atoms with E-state index in [1.54, 1.807) is 0 Å². The molecule has 0 unspecified atom stereocenters. The fraction of sp³-hybridized carbons (Fsp3) is 0.375. The zero-order valence-electron chi connectivity index (χ0n) is 5.85. The highest BCUT2D eigenvalue weighted by Crippen LogP contribution is 2.41. The summed E-state index contributed by atoms with van der Waals surface area (Å²) in [7, 11) is 0. The van der Waals surface area contributed by atoms with Gasteiger partial charge in [-0.15, -0.1) is 0 Å². The third-order valence-electron chi connectivity index (χ3n) is 1.80. The predicted molar refractivity (Wildman–Crippen MR) is 43.9 cm³/mol. The molecule has 0 spiro atoms. The second-order valence-electron chi connectivity index (χ2n) is 2.79. The third kappa shape index (κ3) is 1.43. The normalized spacial score (nSPS) is 16.9. The summed E-state index contributed by atoms with van der Waals surface area (Å²) in [5, 5.41) is 0. The molecule has 0 bridgehead atoms. The minimum atomic E-state index is -0.277. The van der Waals surface area contributed by atoms with Crippen molar-refractivity contribution < 1.29 is 4.39 Å².